The molecule has 2 fully saturated rings. The molecule has 0 radical (unpaired) electrons. The fraction of sp³-hybridized carbons (Fsp3) is 0.600. The van der Waals surface area contributed by atoms with Crippen molar-refractivity contribution < 1.29 is 19.0 Å². The lowest BCUT2D eigenvalue weighted by molar-refractivity contribution is 0.0195. The maximum atomic E-state index is 12.0. The van der Waals surface area contributed by atoms with E-state index in [-0.39, 0.29) is 24.0 Å². The second-order valence-electron chi connectivity index (χ2n) is 6.96. The Hall–Kier alpha value is -1.59. The van der Waals surface area contributed by atoms with Crippen LogP contribution < -0.4 is 10.1 Å². The van der Waals surface area contributed by atoms with Gasteiger partial charge in [-0.3, -0.25) is 9.89 Å². The van der Waals surface area contributed by atoms with Crippen molar-refractivity contribution in [1.29, 1.82) is 0 Å². The highest BCUT2D eigenvalue weighted by Crippen LogP contribution is 2.21. The number of rotatable bonds is 5. The SMILES string of the molecule is CN=C(NCc1ccc(OC)c(C(=O)OC)c1)N1CCC(N2CCOCC2)C1.I. The van der Waals surface area contributed by atoms with Gasteiger partial charge in [-0.2, -0.15) is 0 Å². The van der Waals surface area contributed by atoms with E-state index in [9.17, 15) is 4.79 Å². The van der Waals surface area contributed by atoms with E-state index >= 15 is 0 Å². The summed E-state index contributed by atoms with van der Waals surface area (Å²) < 4.78 is 15.6. The highest BCUT2D eigenvalue weighted by Gasteiger charge is 2.30. The second-order valence-corrected chi connectivity index (χ2v) is 6.96. The zero-order chi connectivity index (χ0) is 19.9. The Labute approximate surface area is 189 Å². The van der Waals surface area contributed by atoms with E-state index in [1.165, 1.54) is 7.11 Å². The van der Waals surface area contributed by atoms with Crippen LogP contribution in [0.2, 0.25) is 0 Å². The van der Waals surface area contributed by atoms with Gasteiger partial charge in [-0.15, -0.1) is 24.0 Å². The number of benzene rings is 1. The number of hydrogen-bond acceptors (Lipinski definition) is 6. The van der Waals surface area contributed by atoms with Gasteiger partial charge in [-0.25, -0.2) is 4.79 Å². The normalized spacial score (nSPS) is 20.2. The molecule has 0 saturated carbocycles. The average Bonchev–Trinajstić information content (AvgIpc) is 3.24. The van der Waals surface area contributed by atoms with Crippen molar-refractivity contribution >= 4 is 35.9 Å². The van der Waals surface area contributed by atoms with Crippen LogP contribution in [0.4, 0.5) is 0 Å². The largest absolute Gasteiger partial charge is 0.496 e. The van der Waals surface area contributed by atoms with Crippen LogP contribution in [0, 0.1) is 0 Å². The molecule has 1 N–H and O–H groups in total. The number of methoxy groups -OCH3 is 2. The van der Waals surface area contributed by atoms with Gasteiger partial charge in [0.2, 0.25) is 0 Å². The third-order valence-corrected chi connectivity index (χ3v) is 5.36. The first kappa shape index (κ1) is 23.7. The van der Waals surface area contributed by atoms with Crippen molar-refractivity contribution in [1.82, 2.24) is 15.1 Å². The molecule has 2 aliphatic rings. The Morgan fingerprint density at radius 1 is 1.28 bits per heavy atom. The number of aliphatic imine (C=N–C) groups is 1. The average molecular weight is 518 g/mol. The Morgan fingerprint density at radius 3 is 2.69 bits per heavy atom. The van der Waals surface area contributed by atoms with Gasteiger partial charge in [-0.1, -0.05) is 6.07 Å². The Balaban J connectivity index is 0.00000300. The molecule has 1 atom stereocenters. The van der Waals surface area contributed by atoms with E-state index in [1.54, 1.807) is 26.3 Å². The number of likely N-dealkylation sites (tertiary alicyclic amines) is 1. The first-order valence-electron chi connectivity index (χ1n) is 9.69. The zero-order valence-corrected chi connectivity index (χ0v) is 19.7. The molecule has 8 nitrogen and oxygen atoms in total. The fourth-order valence-corrected chi connectivity index (χ4v) is 3.82. The smallest absolute Gasteiger partial charge is 0.341 e. The van der Waals surface area contributed by atoms with Crippen LogP contribution in [0.15, 0.2) is 23.2 Å². The predicted octanol–water partition coefficient (Wildman–Crippen LogP) is 1.58. The number of morpholine rings is 1. The molecule has 9 heteroatoms. The summed E-state index contributed by atoms with van der Waals surface area (Å²) >= 11 is 0. The van der Waals surface area contributed by atoms with Gasteiger partial charge in [0, 0.05) is 45.8 Å². The standard InChI is InChI=1S/C20H30N4O4.HI/c1-21-20(24-7-6-16(14-24)23-8-10-28-11-9-23)22-13-15-4-5-18(26-2)17(12-15)19(25)27-3;/h4-5,12,16H,6-11,13-14H2,1-3H3,(H,21,22);1H. The monoisotopic (exact) mass is 518 g/mol. The molecule has 1 unspecified atom stereocenters. The predicted molar refractivity (Wildman–Crippen MR) is 122 cm³/mol. The molecular weight excluding hydrogens is 487 g/mol. The first-order valence-corrected chi connectivity index (χ1v) is 9.69. The topological polar surface area (TPSA) is 75.6 Å². The van der Waals surface area contributed by atoms with Gasteiger partial charge >= 0.3 is 5.97 Å². The van der Waals surface area contributed by atoms with Crippen LogP contribution >= 0.6 is 24.0 Å². The molecule has 2 aliphatic heterocycles. The minimum absolute atomic E-state index is 0. The van der Waals surface area contributed by atoms with E-state index in [0.29, 0.717) is 23.9 Å². The van der Waals surface area contributed by atoms with Crippen molar-refractivity contribution in [2.75, 3.05) is 60.7 Å². The van der Waals surface area contributed by atoms with Crippen LogP contribution in [0.3, 0.4) is 0 Å². The van der Waals surface area contributed by atoms with Crippen LogP contribution in [0.5, 0.6) is 5.75 Å². The molecule has 0 bridgehead atoms. The number of ether oxygens (including phenoxy) is 3. The van der Waals surface area contributed by atoms with Gasteiger partial charge in [-0.05, 0) is 24.1 Å². The summed E-state index contributed by atoms with van der Waals surface area (Å²) in [6.07, 6.45) is 1.13. The Morgan fingerprint density at radius 2 is 2.03 bits per heavy atom. The molecule has 1 aromatic rings. The summed E-state index contributed by atoms with van der Waals surface area (Å²) in [5, 5.41) is 3.41. The molecule has 2 saturated heterocycles. The molecule has 3 rings (SSSR count). The lowest BCUT2D eigenvalue weighted by Crippen LogP contribution is -2.46. The molecule has 162 valence electrons. The van der Waals surface area contributed by atoms with Crippen LogP contribution in [-0.2, 0) is 16.0 Å². The summed E-state index contributed by atoms with van der Waals surface area (Å²) in [7, 11) is 4.71. The molecule has 0 aromatic heterocycles. The maximum absolute atomic E-state index is 12.0. The van der Waals surface area contributed by atoms with Crippen LogP contribution in [-0.4, -0.2) is 88.4 Å². The molecule has 2 heterocycles. The number of carbonyl (C=O) groups excluding carboxylic acids is 1. The quantitative estimate of drug-likeness (QED) is 0.275. The summed E-state index contributed by atoms with van der Waals surface area (Å²) in [6, 6.07) is 6.07. The van der Waals surface area contributed by atoms with Crippen molar-refractivity contribution in [2.45, 2.75) is 19.0 Å². The fourth-order valence-electron chi connectivity index (χ4n) is 3.82. The lowest BCUT2D eigenvalue weighted by Gasteiger charge is -2.32. The molecule has 29 heavy (non-hydrogen) atoms. The zero-order valence-electron chi connectivity index (χ0n) is 17.3. The summed E-state index contributed by atoms with van der Waals surface area (Å²) in [5.41, 5.74) is 1.39. The van der Waals surface area contributed by atoms with Gasteiger partial charge in [0.05, 0.1) is 27.4 Å². The highest BCUT2D eigenvalue weighted by atomic mass is 127. The van der Waals surface area contributed by atoms with Crippen molar-refractivity contribution in [3.63, 3.8) is 0 Å². The summed E-state index contributed by atoms with van der Waals surface area (Å²) in [5.74, 6) is 0.982. The number of halogens is 1. The van der Waals surface area contributed by atoms with Crippen molar-refractivity contribution in [3.8, 4) is 5.75 Å². The Bertz CT molecular complexity index is 710. The van der Waals surface area contributed by atoms with Crippen LogP contribution in [0.1, 0.15) is 22.3 Å². The Kier molecular flexibility index (Phi) is 9.44. The number of esters is 1. The molecule has 0 aliphatic carbocycles. The molecule has 0 spiro atoms. The molecular formula is C20H31IN4O4. The second kappa shape index (κ2) is 11.6. The number of hydrogen-bond donors (Lipinski definition) is 1. The number of guanidine groups is 1. The summed E-state index contributed by atoms with van der Waals surface area (Å²) in [6.45, 7) is 6.18. The van der Waals surface area contributed by atoms with Gasteiger partial charge < -0.3 is 24.4 Å². The molecule has 1 aromatic carbocycles. The highest BCUT2D eigenvalue weighted by molar-refractivity contribution is 14.0. The van der Waals surface area contributed by atoms with E-state index in [1.807, 2.05) is 6.07 Å². The third kappa shape index (κ3) is 5.95. The van der Waals surface area contributed by atoms with Gasteiger partial charge in [0.25, 0.3) is 0 Å². The number of carbonyl (C=O) groups is 1. The van der Waals surface area contributed by atoms with Gasteiger partial charge in [0.1, 0.15) is 11.3 Å². The van der Waals surface area contributed by atoms with Crippen molar-refractivity contribution in [3.05, 3.63) is 29.3 Å². The molecule has 0 amide bonds. The van der Waals surface area contributed by atoms with E-state index in [2.05, 4.69) is 20.1 Å². The first-order chi connectivity index (χ1) is 13.7. The lowest BCUT2D eigenvalue weighted by atomic mass is 10.1. The van der Waals surface area contributed by atoms with E-state index in [4.69, 9.17) is 14.2 Å². The van der Waals surface area contributed by atoms with Crippen molar-refractivity contribution in [2.24, 2.45) is 4.99 Å². The maximum Gasteiger partial charge on any atom is 0.341 e. The van der Waals surface area contributed by atoms with E-state index in [0.717, 1.165) is 57.3 Å². The van der Waals surface area contributed by atoms with E-state index < -0.39 is 5.97 Å². The van der Waals surface area contributed by atoms with Crippen LogP contribution in [0.25, 0.3) is 0 Å². The minimum Gasteiger partial charge on any atom is -0.496 e. The minimum atomic E-state index is -0.407. The number of nitrogens with one attached hydrogen (secondary N) is 1. The third-order valence-electron chi connectivity index (χ3n) is 5.36. The van der Waals surface area contributed by atoms with Gasteiger partial charge in [0.15, 0.2) is 5.96 Å². The summed E-state index contributed by atoms with van der Waals surface area (Å²) in [4.78, 5) is 21.2. The number of nitrogens with zero attached hydrogens (tertiary/aromatic N) is 3.